The van der Waals surface area contributed by atoms with E-state index in [1.807, 2.05) is 12.1 Å². The zero-order valence-electron chi connectivity index (χ0n) is 12.5. The highest BCUT2D eigenvalue weighted by Gasteiger charge is 2.35. The van der Waals surface area contributed by atoms with Gasteiger partial charge in [0.25, 0.3) is 0 Å². The summed E-state index contributed by atoms with van der Waals surface area (Å²) in [4.78, 5) is 12.1. The Hall–Kier alpha value is -2.54. The van der Waals surface area contributed by atoms with E-state index < -0.39 is 29.9 Å². The highest BCUT2D eigenvalue weighted by atomic mass is 19.4. The predicted octanol–water partition coefficient (Wildman–Crippen LogP) is 3.49. The molecule has 0 saturated heterocycles. The van der Waals surface area contributed by atoms with Gasteiger partial charge < -0.3 is 15.7 Å². The van der Waals surface area contributed by atoms with Crippen molar-refractivity contribution in [2.75, 3.05) is 5.32 Å². The Bertz CT molecular complexity index is 761. The van der Waals surface area contributed by atoms with E-state index in [2.05, 4.69) is 10.6 Å². The largest absolute Gasteiger partial charge is 0.418 e. The lowest BCUT2D eigenvalue weighted by Crippen LogP contribution is -2.37. The first kappa shape index (κ1) is 16.3. The number of nitrogens with one attached hydrogen (secondary N) is 2. The number of urea groups is 1. The van der Waals surface area contributed by atoms with Crippen molar-refractivity contribution in [1.29, 1.82) is 0 Å². The van der Waals surface area contributed by atoms with Crippen LogP contribution in [0.4, 0.5) is 23.7 Å². The van der Waals surface area contributed by atoms with E-state index in [1.54, 1.807) is 12.1 Å². The monoisotopic (exact) mass is 336 g/mol. The topological polar surface area (TPSA) is 61.4 Å². The molecule has 0 unspecified atom stereocenters. The third-order valence-electron chi connectivity index (χ3n) is 3.97. The number of carbonyl (C=O) groups is 1. The molecular weight excluding hydrogens is 321 g/mol. The van der Waals surface area contributed by atoms with Crippen LogP contribution in [0.3, 0.4) is 0 Å². The van der Waals surface area contributed by atoms with Gasteiger partial charge in [-0.1, -0.05) is 36.4 Å². The Labute approximate surface area is 136 Å². The second-order valence-electron chi connectivity index (χ2n) is 5.59. The number of hydrogen-bond donors (Lipinski definition) is 3. The first-order valence-electron chi connectivity index (χ1n) is 7.36. The smallest absolute Gasteiger partial charge is 0.390 e. The standard InChI is InChI=1S/C17H15F3N2O2/c18-17(19,20)12-7-3-4-8-13(12)21-16(24)22-15-11-6-2-1-5-10(11)9-14(15)23/h1-8,14-15,23H,9H2,(H2,21,22,24)/t14-,15+/m0/s1. The molecule has 1 aliphatic rings. The van der Waals surface area contributed by atoms with Gasteiger partial charge in [0, 0.05) is 6.42 Å². The van der Waals surface area contributed by atoms with Crippen molar-refractivity contribution in [3.8, 4) is 0 Å². The zero-order chi connectivity index (χ0) is 17.3. The minimum absolute atomic E-state index is 0.330. The van der Waals surface area contributed by atoms with E-state index in [0.29, 0.717) is 6.42 Å². The maximum atomic E-state index is 13.0. The highest BCUT2D eigenvalue weighted by molar-refractivity contribution is 5.90. The van der Waals surface area contributed by atoms with Gasteiger partial charge in [-0.2, -0.15) is 13.2 Å². The first-order valence-corrected chi connectivity index (χ1v) is 7.36. The number of rotatable bonds is 2. The average molecular weight is 336 g/mol. The van der Waals surface area contributed by atoms with Crippen LogP contribution < -0.4 is 10.6 Å². The van der Waals surface area contributed by atoms with E-state index >= 15 is 0 Å². The van der Waals surface area contributed by atoms with Crippen molar-refractivity contribution in [2.24, 2.45) is 0 Å². The molecule has 0 saturated carbocycles. The Morgan fingerprint density at radius 3 is 2.50 bits per heavy atom. The molecule has 2 atom stereocenters. The summed E-state index contributed by atoms with van der Waals surface area (Å²) in [5.74, 6) is 0. The molecule has 4 nitrogen and oxygen atoms in total. The molecule has 0 aliphatic heterocycles. The number of fused-ring (bicyclic) bond motifs is 1. The number of alkyl halides is 3. The van der Waals surface area contributed by atoms with Crippen molar-refractivity contribution in [2.45, 2.75) is 24.7 Å². The van der Waals surface area contributed by atoms with E-state index in [0.717, 1.165) is 17.2 Å². The van der Waals surface area contributed by atoms with Gasteiger partial charge in [-0.05, 0) is 23.3 Å². The average Bonchev–Trinajstić information content (AvgIpc) is 2.83. The number of amides is 2. The third kappa shape index (κ3) is 3.21. The van der Waals surface area contributed by atoms with Gasteiger partial charge in [-0.25, -0.2) is 4.79 Å². The van der Waals surface area contributed by atoms with Gasteiger partial charge >= 0.3 is 12.2 Å². The van der Waals surface area contributed by atoms with Crippen molar-refractivity contribution < 1.29 is 23.1 Å². The lowest BCUT2D eigenvalue weighted by Gasteiger charge is -2.19. The molecule has 0 spiro atoms. The fourth-order valence-electron chi connectivity index (χ4n) is 2.89. The van der Waals surface area contributed by atoms with Crippen molar-refractivity contribution in [3.05, 3.63) is 65.2 Å². The summed E-state index contributed by atoms with van der Waals surface area (Å²) in [6, 6.07) is 10.5. The van der Waals surface area contributed by atoms with Gasteiger partial charge in [0.1, 0.15) is 0 Å². The molecule has 2 aromatic carbocycles. The second-order valence-corrected chi connectivity index (χ2v) is 5.59. The predicted molar refractivity (Wildman–Crippen MR) is 82.5 cm³/mol. The molecule has 1 aliphatic carbocycles. The van der Waals surface area contributed by atoms with E-state index in [9.17, 15) is 23.1 Å². The molecule has 2 aromatic rings. The van der Waals surface area contributed by atoms with E-state index in [1.165, 1.54) is 18.2 Å². The second kappa shape index (κ2) is 6.16. The van der Waals surface area contributed by atoms with Crippen LogP contribution in [0.15, 0.2) is 48.5 Å². The summed E-state index contributed by atoms with van der Waals surface area (Å²) in [7, 11) is 0. The maximum absolute atomic E-state index is 13.0. The lowest BCUT2D eigenvalue weighted by molar-refractivity contribution is -0.136. The number of hydrogen-bond acceptors (Lipinski definition) is 2. The van der Waals surface area contributed by atoms with Crippen LogP contribution in [0, 0.1) is 0 Å². The fourth-order valence-corrected chi connectivity index (χ4v) is 2.89. The molecule has 126 valence electrons. The third-order valence-corrected chi connectivity index (χ3v) is 3.97. The number of anilines is 1. The molecule has 0 heterocycles. The van der Waals surface area contributed by atoms with Gasteiger partial charge in [-0.3, -0.25) is 0 Å². The molecule has 0 radical (unpaired) electrons. The summed E-state index contributed by atoms with van der Waals surface area (Å²) in [5, 5.41) is 14.8. The Morgan fingerprint density at radius 2 is 1.75 bits per heavy atom. The summed E-state index contributed by atoms with van der Waals surface area (Å²) in [6.45, 7) is 0. The molecule has 0 fully saturated rings. The first-order chi connectivity index (χ1) is 11.4. The molecule has 0 bridgehead atoms. The molecule has 0 aromatic heterocycles. The maximum Gasteiger partial charge on any atom is 0.418 e. The molecular formula is C17H15F3N2O2. The summed E-state index contributed by atoms with van der Waals surface area (Å²) >= 11 is 0. The van der Waals surface area contributed by atoms with Gasteiger partial charge in [0.05, 0.1) is 23.4 Å². The SMILES string of the molecule is O=C(Nc1ccccc1C(F)(F)F)N[C@@H]1c2ccccc2C[C@@H]1O. The minimum Gasteiger partial charge on any atom is -0.390 e. The molecule has 24 heavy (non-hydrogen) atoms. The number of aliphatic hydroxyl groups excluding tert-OH is 1. The normalized spacial score (nSPS) is 19.7. The van der Waals surface area contributed by atoms with Crippen LogP contribution in [0.5, 0.6) is 0 Å². The van der Waals surface area contributed by atoms with Crippen LogP contribution in [0.1, 0.15) is 22.7 Å². The summed E-state index contributed by atoms with van der Waals surface area (Å²) in [6.07, 6.45) is -4.99. The van der Waals surface area contributed by atoms with Crippen LogP contribution in [-0.4, -0.2) is 17.2 Å². The van der Waals surface area contributed by atoms with E-state index in [-0.39, 0.29) is 5.69 Å². The summed E-state index contributed by atoms with van der Waals surface area (Å²) < 4.78 is 38.9. The number of halogens is 3. The molecule has 2 amide bonds. The molecule has 7 heteroatoms. The highest BCUT2D eigenvalue weighted by Crippen LogP contribution is 2.35. The molecule has 3 N–H and O–H groups in total. The van der Waals surface area contributed by atoms with Crippen LogP contribution in [-0.2, 0) is 12.6 Å². The Kier molecular flexibility index (Phi) is 4.19. The van der Waals surface area contributed by atoms with Gasteiger partial charge in [0.2, 0.25) is 0 Å². The van der Waals surface area contributed by atoms with Crippen molar-refractivity contribution in [3.63, 3.8) is 0 Å². The van der Waals surface area contributed by atoms with Gasteiger partial charge in [-0.15, -0.1) is 0 Å². The van der Waals surface area contributed by atoms with E-state index in [4.69, 9.17) is 0 Å². The van der Waals surface area contributed by atoms with Crippen molar-refractivity contribution >= 4 is 11.7 Å². The lowest BCUT2D eigenvalue weighted by atomic mass is 10.1. The Balaban J connectivity index is 1.76. The zero-order valence-corrected chi connectivity index (χ0v) is 12.5. The van der Waals surface area contributed by atoms with Crippen LogP contribution >= 0.6 is 0 Å². The fraction of sp³-hybridized carbons (Fsp3) is 0.235. The van der Waals surface area contributed by atoms with Crippen molar-refractivity contribution in [1.82, 2.24) is 5.32 Å². The number of para-hydroxylation sites is 1. The molecule has 3 rings (SSSR count). The summed E-state index contributed by atoms with van der Waals surface area (Å²) in [5.41, 5.74) is 0.422. The van der Waals surface area contributed by atoms with Crippen LogP contribution in [0.2, 0.25) is 0 Å². The quantitative estimate of drug-likeness (QED) is 0.786. The number of carbonyl (C=O) groups excluding carboxylic acids is 1. The number of aliphatic hydroxyl groups is 1. The van der Waals surface area contributed by atoms with Crippen LogP contribution in [0.25, 0.3) is 0 Å². The van der Waals surface area contributed by atoms with Gasteiger partial charge in [0.15, 0.2) is 0 Å². The minimum atomic E-state index is -4.57. The number of benzene rings is 2. The Morgan fingerprint density at radius 1 is 1.08 bits per heavy atom.